The van der Waals surface area contributed by atoms with Crippen LogP contribution in [0.15, 0.2) is 22.7 Å². The number of alkyl halides is 3. The van der Waals surface area contributed by atoms with E-state index in [0.717, 1.165) is 12.1 Å². The minimum absolute atomic E-state index is 0.0599. The van der Waals surface area contributed by atoms with Crippen LogP contribution in [-0.4, -0.2) is 32.5 Å². The lowest BCUT2D eigenvalue weighted by Crippen LogP contribution is -2.27. The highest BCUT2D eigenvalue weighted by Crippen LogP contribution is 2.27. The monoisotopic (exact) mass is 341 g/mol. The number of carbonyl (C=O) groups excluding carboxylic acids is 1. The van der Waals surface area contributed by atoms with Gasteiger partial charge in [0.25, 0.3) is 5.91 Å². The van der Waals surface area contributed by atoms with E-state index >= 15 is 0 Å². The van der Waals surface area contributed by atoms with Crippen molar-refractivity contribution in [2.45, 2.75) is 6.36 Å². The Labute approximate surface area is 116 Å². The van der Waals surface area contributed by atoms with Gasteiger partial charge in [-0.3, -0.25) is 4.79 Å². The van der Waals surface area contributed by atoms with Gasteiger partial charge < -0.3 is 14.8 Å². The summed E-state index contributed by atoms with van der Waals surface area (Å²) in [4.78, 5) is 11.7. The van der Waals surface area contributed by atoms with Crippen LogP contribution in [0.2, 0.25) is 0 Å². The SMILES string of the molecule is COCCNC(=O)c1cc(Br)cc(OC(F)(F)F)c1. The molecule has 0 heterocycles. The Morgan fingerprint density at radius 3 is 2.63 bits per heavy atom. The van der Waals surface area contributed by atoms with Crippen LogP contribution in [0.1, 0.15) is 10.4 Å². The molecule has 4 nitrogen and oxygen atoms in total. The van der Waals surface area contributed by atoms with E-state index in [0.29, 0.717) is 11.1 Å². The van der Waals surface area contributed by atoms with Crippen LogP contribution in [-0.2, 0) is 4.74 Å². The Kier molecular flexibility index (Phi) is 5.61. The Bertz CT molecular complexity index is 451. The molecule has 0 aliphatic heterocycles. The van der Waals surface area contributed by atoms with Crippen molar-refractivity contribution in [3.8, 4) is 5.75 Å². The zero-order valence-corrected chi connectivity index (χ0v) is 11.5. The third kappa shape index (κ3) is 5.93. The van der Waals surface area contributed by atoms with E-state index in [-0.39, 0.29) is 12.1 Å². The Hall–Kier alpha value is -1.28. The second kappa shape index (κ2) is 6.76. The van der Waals surface area contributed by atoms with E-state index in [9.17, 15) is 18.0 Å². The number of halogens is 4. The number of benzene rings is 1. The topological polar surface area (TPSA) is 47.6 Å². The van der Waals surface area contributed by atoms with E-state index < -0.39 is 18.0 Å². The van der Waals surface area contributed by atoms with Gasteiger partial charge in [0.2, 0.25) is 0 Å². The van der Waals surface area contributed by atoms with Gasteiger partial charge in [-0.25, -0.2) is 0 Å². The summed E-state index contributed by atoms with van der Waals surface area (Å²) in [5.74, 6) is -0.968. The van der Waals surface area contributed by atoms with Gasteiger partial charge in [0.15, 0.2) is 0 Å². The van der Waals surface area contributed by atoms with Crippen LogP contribution in [0.4, 0.5) is 13.2 Å². The zero-order chi connectivity index (χ0) is 14.5. The highest BCUT2D eigenvalue weighted by molar-refractivity contribution is 9.10. The molecule has 0 aliphatic rings. The summed E-state index contributed by atoms with van der Waals surface area (Å²) in [6.45, 7) is 0.572. The van der Waals surface area contributed by atoms with Crippen LogP contribution in [0.3, 0.4) is 0 Å². The van der Waals surface area contributed by atoms with Crippen molar-refractivity contribution in [3.05, 3.63) is 28.2 Å². The number of amides is 1. The third-order valence-corrected chi connectivity index (χ3v) is 2.42. The Morgan fingerprint density at radius 1 is 1.37 bits per heavy atom. The molecule has 0 atom stereocenters. The van der Waals surface area contributed by atoms with Crippen molar-refractivity contribution in [2.75, 3.05) is 20.3 Å². The van der Waals surface area contributed by atoms with E-state index in [1.807, 2.05) is 0 Å². The quantitative estimate of drug-likeness (QED) is 0.837. The molecular weight excluding hydrogens is 331 g/mol. The molecule has 1 amide bonds. The summed E-state index contributed by atoms with van der Waals surface area (Å²) < 4.78 is 45.1. The summed E-state index contributed by atoms with van der Waals surface area (Å²) >= 11 is 3.02. The number of methoxy groups -OCH3 is 1. The largest absolute Gasteiger partial charge is 0.573 e. The highest BCUT2D eigenvalue weighted by Gasteiger charge is 2.31. The van der Waals surface area contributed by atoms with Crippen LogP contribution >= 0.6 is 15.9 Å². The second-order valence-corrected chi connectivity index (χ2v) is 4.39. The molecule has 1 aromatic carbocycles. The molecule has 106 valence electrons. The van der Waals surface area contributed by atoms with Gasteiger partial charge in [-0.05, 0) is 18.2 Å². The fourth-order valence-electron chi connectivity index (χ4n) is 1.26. The van der Waals surface area contributed by atoms with E-state index in [1.54, 1.807) is 0 Å². The number of rotatable bonds is 5. The predicted octanol–water partition coefficient (Wildman–Crippen LogP) is 2.72. The van der Waals surface area contributed by atoms with Gasteiger partial charge in [-0.2, -0.15) is 0 Å². The highest BCUT2D eigenvalue weighted by atomic mass is 79.9. The molecule has 0 unspecified atom stereocenters. The molecule has 0 saturated carbocycles. The Morgan fingerprint density at radius 2 is 2.05 bits per heavy atom. The number of ether oxygens (including phenoxy) is 2. The van der Waals surface area contributed by atoms with Gasteiger partial charge >= 0.3 is 6.36 Å². The second-order valence-electron chi connectivity index (χ2n) is 3.47. The molecule has 0 fully saturated rings. The number of carbonyl (C=O) groups is 1. The zero-order valence-electron chi connectivity index (χ0n) is 9.88. The van der Waals surface area contributed by atoms with Gasteiger partial charge in [0, 0.05) is 23.7 Å². The first kappa shape index (κ1) is 15.8. The van der Waals surface area contributed by atoms with E-state index in [1.165, 1.54) is 13.2 Å². The molecule has 0 spiro atoms. The van der Waals surface area contributed by atoms with Crippen molar-refractivity contribution in [3.63, 3.8) is 0 Å². The minimum atomic E-state index is -4.80. The average Bonchev–Trinajstić information content (AvgIpc) is 2.26. The molecule has 0 saturated heterocycles. The Balaban J connectivity index is 2.81. The summed E-state index contributed by atoms with van der Waals surface area (Å²) in [5, 5.41) is 2.50. The fourth-order valence-corrected chi connectivity index (χ4v) is 1.73. The lowest BCUT2D eigenvalue weighted by atomic mass is 10.2. The van der Waals surface area contributed by atoms with Gasteiger partial charge in [-0.1, -0.05) is 15.9 Å². The summed E-state index contributed by atoms with van der Waals surface area (Å²) in [5.41, 5.74) is 0.0599. The molecule has 8 heteroatoms. The normalized spacial score (nSPS) is 11.2. The minimum Gasteiger partial charge on any atom is -0.406 e. The summed E-state index contributed by atoms with van der Waals surface area (Å²) in [6, 6.07) is 3.53. The van der Waals surface area contributed by atoms with Crippen molar-refractivity contribution in [2.24, 2.45) is 0 Å². The molecule has 19 heavy (non-hydrogen) atoms. The van der Waals surface area contributed by atoms with Crippen molar-refractivity contribution in [1.29, 1.82) is 0 Å². The first-order chi connectivity index (χ1) is 8.81. The maximum absolute atomic E-state index is 12.1. The lowest BCUT2D eigenvalue weighted by Gasteiger charge is -2.11. The van der Waals surface area contributed by atoms with Crippen LogP contribution in [0, 0.1) is 0 Å². The molecular formula is C11H11BrF3NO3. The maximum atomic E-state index is 12.1. The first-order valence-electron chi connectivity index (χ1n) is 5.15. The van der Waals surface area contributed by atoms with Gasteiger partial charge in [-0.15, -0.1) is 13.2 Å². The standard InChI is InChI=1S/C11H11BrF3NO3/c1-18-3-2-16-10(17)7-4-8(12)6-9(5-7)19-11(13,14)15/h4-6H,2-3H2,1H3,(H,16,17). The van der Waals surface area contributed by atoms with Crippen LogP contribution < -0.4 is 10.1 Å². The number of hydrogen-bond donors (Lipinski definition) is 1. The molecule has 0 radical (unpaired) electrons. The molecule has 1 N–H and O–H groups in total. The van der Waals surface area contributed by atoms with Crippen molar-refractivity contribution >= 4 is 21.8 Å². The summed E-state index contributed by atoms with van der Waals surface area (Å²) in [6.07, 6.45) is -4.80. The molecule has 1 aromatic rings. The number of nitrogens with one attached hydrogen (secondary N) is 1. The van der Waals surface area contributed by atoms with Gasteiger partial charge in [0.1, 0.15) is 5.75 Å². The fraction of sp³-hybridized carbons (Fsp3) is 0.364. The van der Waals surface area contributed by atoms with E-state index in [4.69, 9.17) is 4.74 Å². The molecule has 0 bridgehead atoms. The molecule has 1 rings (SSSR count). The number of hydrogen-bond acceptors (Lipinski definition) is 3. The predicted molar refractivity (Wildman–Crippen MR) is 65.0 cm³/mol. The average molecular weight is 342 g/mol. The van der Waals surface area contributed by atoms with Crippen molar-refractivity contribution < 1.29 is 27.4 Å². The first-order valence-corrected chi connectivity index (χ1v) is 5.94. The van der Waals surface area contributed by atoms with Crippen molar-refractivity contribution in [1.82, 2.24) is 5.32 Å². The lowest BCUT2D eigenvalue weighted by molar-refractivity contribution is -0.274. The summed E-state index contributed by atoms with van der Waals surface area (Å²) in [7, 11) is 1.47. The molecule has 0 aliphatic carbocycles. The third-order valence-electron chi connectivity index (χ3n) is 1.96. The van der Waals surface area contributed by atoms with Crippen LogP contribution in [0.25, 0.3) is 0 Å². The van der Waals surface area contributed by atoms with Gasteiger partial charge in [0.05, 0.1) is 6.61 Å². The molecule has 0 aromatic heterocycles. The van der Waals surface area contributed by atoms with Crippen LogP contribution in [0.5, 0.6) is 5.75 Å². The smallest absolute Gasteiger partial charge is 0.406 e. The maximum Gasteiger partial charge on any atom is 0.573 e. The van der Waals surface area contributed by atoms with E-state index in [2.05, 4.69) is 26.0 Å².